The first-order chi connectivity index (χ1) is 8.54. The number of aliphatic imine (C=N–C) groups is 1. The molecule has 0 saturated heterocycles. The summed E-state index contributed by atoms with van der Waals surface area (Å²) in [6.07, 6.45) is 0.914. The fourth-order valence-electron chi connectivity index (χ4n) is 2.33. The van der Waals surface area contributed by atoms with Crippen LogP contribution in [0.25, 0.3) is 0 Å². The molecule has 1 atom stereocenters. The Morgan fingerprint density at radius 3 is 2.89 bits per heavy atom. The zero-order chi connectivity index (χ0) is 13.0. The lowest BCUT2D eigenvalue weighted by Gasteiger charge is -2.30. The predicted octanol–water partition coefficient (Wildman–Crippen LogP) is 2.74. The van der Waals surface area contributed by atoms with Crippen molar-refractivity contribution in [2.75, 3.05) is 19.6 Å². The molecule has 0 spiro atoms. The molecule has 0 fully saturated rings. The fraction of sp³-hybridized carbons (Fsp3) is 0.750. The average molecular weight is 262 g/mol. The minimum absolute atomic E-state index is 0.336. The van der Waals surface area contributed by atoms with Gasteiger partial charge in [-0.3, -0.25) is 9.73 Å². The van der Waals surface area contributed by atoms with Crippen molar-refractivity contribution >= 4 is 6.21 Å². The van der Waals surface area contributed by atoms with Crippen LogP contribution in [0.4, 0.5) is 13.2 Å². The number of ether oxygens (including phenoxy) is 1. The lowest BCUT2D eigenvalue weighted by Crippen LogP contribution is -2.30. The van der Waals surface area contributed by atoms with Crippen LogP contribution in [0, 0.1) is 0 Å². The normalized spacial score (nSPS) is 25.8. The molecule has 2 rings (SSSR count). The summed E-state index contributed by atoms with van der Waals surface area (Å²) in [4.78, 5) is 6.41. The molecule has 0 N–H and O–H groups in total. The largest absolute Gasteiger partial charge is 0.522 e. The van der Waals surface area contributed by atoms with Crippen LogP contribution in [0.5, 0.6) is 0 Å². The highest BCUT2D eigenvalue weighted by atomic mass is 19.4. The van der Waals surface area contributed by atoms with Crippen molar-refractivity contribution in [1.29, 1.82) is 0 Å². The Balaban J connectivity index is 1.87. The number of rotatable bonds is 2. The summed E-state index contributed by atoms with van der Waals surface area (Å²) in [6.45, 7) is 2.52. The van der Waals surface area contributed by atoms with Gasteiger partial charge in [0.05, 0.1) is 12.6 Å². The van der Waals surface area contributed by atoms with Crippen LogP contribution in [0.15, 0.2) is 16.8 Å². The summed E-state index contributed by atoms with van der Waals surface area (Å²) in [5.74, 6) is 0. The molecule has 1 aliphatic heterocycles. The Kier molecular flexibility index (Phi) is 4.27. The first-order valence-electron chi connectivity index (χ1n) is 6.21. The molecule has 18 heavy (non-hydrogen) atoms. The Bertz CT molecular complexity index is 339. The minimum Gasteiger partial charge on any atom is -0.370 e. The highest BCUT2D eigenvalue weighted by Gasteiger charge is 2.34. The number of allylic oxidation sites excluding steroid dienone is 1. The van der Waals surface area contributed by atoms with E-state index >= 15 is 0 Å². The van der Waals surface area contributed by atoms with Gasteiger partial charge in [-0.05, 0) is 25.7 Å². The Morgan fingerprint density at radius 1 is 1.39 bits per heavy atom. The molecule has 1 heterocycles. The maximum atomic E-state index is 12.1. The van der Waals surface area contributed by atoms with Crippen molar-refractivity contribution in [3.05, 3.63) is 11.8 Å². The van der Waals surface area contributed by atoms with Gasteiger partial charge in [0.25, 0.3) is 0 Å². The second-order valence-corrected chi connectivity index (χ2v) is 4.54. The Morgan fingerprint density at radius 2 is 2.22 bits per heavy atom. The summed E-state index contributed by atoms with van der Waals surface area (Å²) < 4.78 is 40.3. The molecular weight excluding hydrogens is 245 g/mol. The van der Waals surface area contributed by atoms with E-state index in [2.05, 4.69) is 14.6 Å². The van der Waals surface area contributed by atoms with Crippen LogP contribution in [-0.4, -0.2) is 43.2 Å². The van der Waals surface area contributed by atoms with E-state index in [0.717, 1.165) is 31.8 Å². The van der Waals surface area contributed by atoms with Crippen molar-refractivity contribution in [2.24, 2.45) is 4.99 Å². The van der Waals surface area contributed by atoms with Gasteiger partial charge in [0.1, 0.15) is 0 Å². The monoisotopic (exact) mass is 262 g/mol. The zero-order valence-corrected chi connectivity index (χ0v) is 10.1. The van der Waals surface area contributed by atoms with Crippen molar-refractivity contribution in [3.63, 3.8) is 0 Å². The molecule has 0 aromatic rings. The van der Waals surface area contributed by atoms with Gasteiger partial charge in [-0.2, -0.15) is 0 Å². The van der Waals surface area contributed by atoms with E-state index in [9.17, 15) is 13.2 Å². The lowest BCUT2D eigenvalue weighted by molar-refractivity contribution is -0.343. The molecule has 0 amide bonds. The van der Waals surface area contributed by atoms with Gasteiger partial charge >= 0.3 is 6.36 Å². The van der Waals surface area contributed by atoms with Crippen molar-refractivity contribution in [3.8, 4) is 0 Å². The summed E-state index contributed by atoms with van der Waals surface area (Å²) in [6, 6.07) is 0. The third-order valence-electron chi connectivity index (χ3n) is 3.19. The van der Waals surface area contributed by atoms with Gasteiger partial charge in [-0.15, -0.1) is 13.2 Å². The molecule has 102 valence electrons. The fourth-order valence-corrected chi connectivity index (χ4v) is 2.33. The summed E-state index contributed by atoms with van der Waals surface area (Å²) in [5, 5.41) is 0. The van der Waals surface area contributed by atoms with E-state index in [0.29, 0.717) is 19.3 Å². The Hall–Kier alpha value is -1.04. The van der Waals surface area contributed by atoms with Crippen molar-refractivity contribution in [2.45, 2.75) is 38.1 Å². The van der Waals surface area contributed by atoms with Gasteiger partial charge in [0.15, 0.2) is 0 Å². The molecule has 1 aliphatic carbocycles. The summed E-state index contributed by atoms with van der Waals surface area (Å²) in [7, 11) is 0. The number of hydrogen-bond acceptors (Lipinski definition) is 3. The van der Waals surface area contributed by atoms with E-state index in [1.807, 2.05) is 12.3 Å². The van der Waals surface area contributed by atoms with Crippen LogP contribution in [0.1, 0.15) is 25.7 Å². The van der Waals surface area contributed by atoms with Crippen LogP contribution < -0.4 is 0 Å². The molecule has 6 heteroatoms. The third kappa shape index (κ3) is 4.01. The van der Waals surface area contributed by atoms with Gasteiger partial charge in [-0.25, -0.2) is 0 Å². The topological polar surface area (TPSA) is 24.8 Å². The highest BCUT2D eigenvalue weighted by Crippen LogP contribution is 2.28. The van der Waals surface area contributed by atoms with E-state index in [4.69, 9.17) is 0 Å². The van der Waals surface area contributed by atoms with Gasteiger partial charge in [-0.1, -0.05) is 6.08 Å². The van der Waals surface area contributed by atoms with E-state index in [-0.39, 0.29) is 0 Å². The zero-order valence-electron chi connectivity index (χ0n) is 10.1. The summed E-state index contributed by atoms with van der Waals surface area (Å²) in [5.41, 5.74) is 1.13. The minimum atomic E-state index is -4.52. The van der Waals surface area contributed by atoms with Gasteiger partial charge in [0.2, 0.25) is 0 Å². The molecule has 0 radical (unpaired) electrons. The molecule has 2 aliphatic rings. The summed E-state index contributed by atoms with van der Waals surface area (Å²) >= 11 is 0. The van der Waals surface area contributed by atoms with Crippen LogP contribution >= 0.6 is 0 Å². The van der Waals surface area contributed by atoms with E-state index in [1.54, 1.807) is 0 Å². The smallest absolute Gasteiger partial charge is 0.370 e. The number of halogens is 3. The molecular formula is C12H17F3N2O. The first-order valence-corrected chi connectivity index (χ1v) is 6.21. The number of hydrogen-bond donors (Lipinski definition) is 0. The molecule has 1 unspecified atom stereocenters. The SMILES string of the molecule is FC(F)(F)OC1CC=C(N2CC=NCCC2)CC1. The quantitative estimate of drug-likeness (QED) is 0.764. The average Bonchev–Trinajstić information content (AvgIpc) is 2.56. The van der Waals surface area contributed by atoms with E-state index < -0.39 is 12.5 Å². The molecule has 0 aromatic carbocycles. The van der Waals surface area contributed by atoms with Gasteiger partial charge in [0, 0.05) is 25.0 Å². The first kappa shape index (κ1) is 13.4. The number of nitrogens with zero attached hydrogens (tertiary/aromatic N) is 2. The second kappa shape index (κ2) is 5.73. The van der Waals surface area contributed by atoms with Crippen molar-refractivity contribution < 1.29 is 17.9 Å². The van der Waals surface area contributed by atoms with E-state index in [1.165, 1.54) is 0 Å². The molecule has 0 saturated carbocycles. The standard InChI is InChI=1S/C12H17F3N2O/c13-12(14,15)18-11-4-2-10(3-5-11)17-8-1-6-16-7-9-17/h2,7,11H,1,3-6,8-9H2. The molecule has 0 bridgehead atoms. The predicted molar refractivity (Wildman–Crippen MR) is 62.4 cm³/mol. The van der Waals surface area contributed by atoms with Crippen LogP contribution in [-0.2, 0) is 4.74 Å². The van der Waals surface area contributed by atoms with Gasteiger partial charge < -0.3 is 4.90 Å². The molecule has 0 aromatic heterocycles. The van der Waals surface area contributed by atoms with Crippen LogP contribution in [0.2, 0.25) is 0 Å². The highest BCUT2D eigenvalue weighted by molar-refractivity contribution is 5.60. The lowest BCUT2D eigenvalue weighted by atomic mass is 10.0. The number of alkyl halides is 3. The molecule has 3 nitrogen and oxygen atoms in total. The Labute approximate surface area is 104 Å². The van der Waals surface area contributed by atoms with Crippen molar-refractivity contribution in [1.82, 2.24) is 4.90 Å². The third-order valence-corrected chi connectivity index (χ3v) is 3.19. The second-order valence-electron chi connectivity index (χ2n) is 4.54. The maximum Gasteiger partial charge on any atom is 0.522 e. The maximum absolute atomic E-state index is 12.1. The van der Waals surface area contributed by atoms with Crippen LogP contribution in [0.3, 0.4) is 0 Å².